The van der Waals surface area contributed by atoms with Crippen LogP contribution in [0.15, 0.2) is 28.9 Å². The molecule has 1 amide bonds. The van der Waals surface area contributed by atoms with Crippen LogP contribution >= 0.6 is 0 Å². The zero-order chi connectivity index (χ0) is 17.1. The highest BCUT2D eigenvalue weighted by atomic mass is 16.5. The van der Waals surface area contributed by atoms with Crippen LogP contribution in [0.4, 0.5) is 0 Å². The first-order valence-electron chi connectivity index (χ1n) is 7.62. The molecule has 1 N–H and O–H groups in total. The highest BCUT2D eigenvalue weighted by Gasteiger charge is 2.32. The van der Waals surface area contributed by atoms with Crippen molar-refractivity contribution in [3.8, 4) is 0 Å². The minimum Gasteiger partial charge on any atom is -0.476 e. The fourth-order valence-electron chi connectivity index (χ4n) is 2.54. The van der Waals surface area contributed by atoms with Gasteiger partial charge in [-0.25, -0.2) is 14.8 Å². The van der Waals surface area contributed by atoms with E-state index >= 15 is 0 Å². The van der Waals surface area contributed by atoms with Crippen molar-refractivity contribution in [2.75, 3.05) is 19.8 Å². The average Bonchev–Trinajstić information content (AvgIpc) is 3.10. The number of furan rings is 1. The molecule has 2 aromatic rings. The molecule has 1 atom stereocenters. The van der Waals surface area contributed by atoms with Crippen LogP contribution in [-0.4, -0.2) is 51.6 Å². The lowest BCUT2D eigenvalue weighted by Gasteiger charge is -2.34. The van der Waals surface area contributed by atoms with Crippen molar-refractivity contribution in [3.63, 3.8) is 0 Å². The maximum absolute atomic E-state index is 12.7. The van der Waals surface area contributed by atoms with E-state index in [4.69, 9.17) is 14.3 Å². The van der Waals surface area contributed by atoms with E-state index in [2.05, 4.69) is 9.97 Å². The summed E-state index contributed by atoms with van der Waals surface area (Å²) in [7, 11) is 0. The lowest BCUT2D eigenvalue weighted by molar-refractivity contribution is -0.00933. The third kappa shape index (κ3) is 3.13. The predicted molar refractivity (Wildman–Crippen MR) is 81.7 cm³/mol. The normalized spacial score (nSPS) is 17.7. The Bertz CT molecular complexity index is 740. The van der Waals surface area contributed by atoms with Crippen molar-refractivity contribution in [2.24, 2.45) is 0 Å². The van der Waals surface area contributed by atoms with Gasteiger partial charge in [0.15, 0.2) is 5.69 Å². The molecule has 0 aromatic carbocycles. The topological polar surface area (TPSA) is 106 Å². The van der Waals surface area contributed by atoms with Crippen LogP contribution in [0.2, 0.25) is 0 Å². The zero-order valence-corrected chi connectivity index (χ0v) is 13.1. The summed E-state index contributed by atoms with van der Waals surface area (Å²) in [6.45, 7) is 3.14. The van der Waals surface area contributed by atoms with Crippen molar-refractivity contribution in [2.45, 2.75) is 19.4 Å². The molecule has 2 aromatic heterocycles. The van der Waals surface area contributed by atoms with Crippen molar-refractivity contribution in [1.29, 1.82) is 0 Å². The molecule has 24 heavy (non-hydrogen) atoms. The number of carboxylic acids is 1. The van der Waals surface area contributed by atoms with Crippen LogP contribution < -0.4 is 0 Å². The maximum Gasteiger partial charge on any atom is 0.356 e. The Labute approximate surface area is 138 Å². The number of carbonyl (C=O) groups is 2. The van der Waals surface area contributed by atoms with Gasteiger partial charge in [0.1, 0.15) is 23.3 Å². The van der Waals surface area contributed by atoms with E-state index in [-0.39, 0.29) is 23.3 Å². The molecule has 0 radical (unpaired) electrons. The van der Waals surface area contributed by atoms with Gasteiger partial charge in [-0.3, -0.25) is 4.79 Å². The largest absolute Gasteiger partial charge is 0.476 e. The molecule has 8 nitrogen and oxygen atoms in total. The fraction of sp³-hybridized carbons (Fsp3) is 0.375. The van der Waals surface area contributed by atoms with Gasteiger partial charge in [-0.15, -0.1) is 0 Å². The van der Waals surface area contributed by atoms with Crippen LogP contribution in [0.3, 0.4) is 0 Å². The summed E-state index contributed by atoms with van der Waals surface area (Å²) in [6.07, 6.45) is 3.02. The molecule has 0 saturated carbocycles. The van der Waals surface area contributed by atoms with Crippen LogP contribution in [-0.2, 0) is 11.2 Å². The summed E-state index contributed by atoms with van der Waals surface area (Å²) in [4.78, 5) is 32.8. The zero-order valence-electron chi connectivity index (χ0n) is 13.1. The molecule has 1 fully saturated rings. The van der Waals surface area contributed by atoms with E-state index in [9.17, 15) is 9.59 Å². The Hall–Kier alpha value is -2.74. The first-order chi connectivity index (χ1) is 11.6. The van der Waals surface area contributed by atoms with Gasteiger partial charge in [0, 0.05) is 13.0 Å². The second kappa shape index (κ2) is 6.79. The van der Waals surface area contributed by atoms with Gasteiger partial charge >= 0.3 is 5.97 Å². The molecule has 1 aliphatic heterocycles. The number of carboxylic acid groups (broad SMARTS) is 1. The lowest BCUT2D eigenvalue weighted by atomic mass is 10.1. The molecule has 126 valence electrons. The number of rotatable bonds is 4. The van der Waals surface area contributed by atoms with Gasteiger partial charge in [-0.1, -0.05) is 6.92 Å². The smallest absolute Gasteiger partial charge is 0.356 e. The minimum atomic E-state index is -1.19. The van der Waals surface area contributed by atoms with Crippen LogP contribution in [0.25, 0.3) is 0 Å². The van der Waals surface area contributed by atoms with Crippen molar-refractivity contribution in [3.05, 3.63) is 47.4 Å². The summed E-state index contributed by atoms with van der Waals surface area (Å²) >= 11 is 0. The van der Waals surface area contributed by atoms with Gasteiger partial charge in [0.25, 0.3) is 5.91 Å². The van der Waals surface area contributed by atoms with E-state index in [0.717, 1.165) is 18.4 Å². The molecule has 3 rings (SSSR count). The third-order valence-corrected chi connectivity index (χ3v) is 3.84. The number of nitrogens with zero attached hydrogens (tertiary/aromatic N) is 3. The van der Waals surface area contributed by atoms with Gasteiger partial charge in [-0.2, -0.15) is 0 Å². The number of aromatic nitrogens is 2. The van der Waals surface area contributed by atoms with Gasteiger partial charge in [0.05, 0.1) is 25.6 Å². The standard InChI is InChI=1S/C16H17N3O5/c1-2-10-3-4-14(24-10)13-9-23-6-5-19(13)15(20)11-7-18-12(8-17-11)16(21)22/h3-4,7-8,13H,2,5-6,9H2,1H3,(H,21,22). The van der Waals surface area contributed by atoms with E-state index in [1.807, 2.05) is 19.1 Å². The van der Waals surface area contributed by atoms with Gasteiger partial charge in [0.2, 0.25) is 0 Å². The SMILES string of the molecule is CCc1ccc(C2COCCN2C(=O)c2cnc(C(=O)O)cn2)o1. The molecular formula is C16H17N3O5. The Morgan fingerprint density at radius 1 is 1.29 bits per heavy atom. The number of aryl methyl sites for hydroxylation is 1. The monoisotopic (exact) mass is 331 g/mol. The maximum atomic E-state index is 12.7. The number of amides is 1. The number of ether oxygens (including phenoxy) is 1. The van der Waals surface area contributed by atoms with Crippen molar-refractivity contribution >= 4 is 11.9 Å². The summed E-state index contributed by atoms with van der Waals surface area (Å²) < 4.78 is 11.2. The minimum absolute atomic E-state index is 0.0918. The van der Waals surface area contributed by atoms with Crippen LogP contribution in [0.5, 0.6) is 0 Å². The number of morpholine rings is 1. The molecule has 0 aliphatic carbocycles. The number of aromatic carboxylic acids is 1. The van der Waals surface area contributed by atoms with E-state index in [1.165, 1.54) is 6.20 Å². The van der Waals surface area contributed by atoms with Crippen LogP contribution in [0.1, 0.15) is 45.5 Å². The van der Waals surface area contributed by atoms with E-state index in [1.54, 1.807) is 4.90 Å². The molecule has 3 heterocycles. The summed E-state index contributed by atoms with van der Waals surface area (Å²) in [6, 6.07) is 3.39. The summed E-state index contributed by atoms with van der Waals surface area (Å²) in [5, 5.41) is 8.85. The molecule has 1 aliphatic rings. The van der Waals surface area contributed by atoms with Crippen LogP contribution in [0, 0.1) is 0 Å². The van der Waals surface area contributed by atoms with E-state index in [0.29, 0.717) is 25.5 Å². The second-order valence-corrected chi connectivity index (χ2v) is 5.34. The van der Waals surface area contributed by atoms with Gasteiger partial charge in [-0.05, 0) is 12.1 Å². The van der Waals surface area contributed by atoms with Gasteiger partial charge < -0.3 is 19.2 Å². The molecule has 0 bridgehead atoms. The Kier molecular flexibility index (Phi) is 4.57. The second-order valence-electron chi connectivity index (χ2n) is 5.34. The predicted octanol–water partition coefficient (Wildman–Crippen LogP) is 1.54. The molecule has 1 unspecified atom stereocenters. The molecular weight excluding hydrogens is 314 g/mol. The Balaban J connectivity index is 1.84. The highest BCUT2D eigenvalue weighted by molar-refractivity contribution is 5.93. The molecule has 0 spiro atoms. The molecule has 8 heteroatoms. The Morgan fingerprint density at radius 3 is 2.67 bits per heavy atom. The summed E-state index contributed by atoms with van der Waals surface area (Å²) in [5.74, 6) is -0.0146. The summed E-state index contributed by atoms with van der Waals surface area (Å²) in [5.41, 5.74) is -0.113. The van der Waals surface area contributed by atoms with Crippen molar-refractivity contribution < 1.29 is 23.8 Å². The third-order valence-electron chi connectivity index (χ3n) is 3.84. The quantitative estimate of drug-likeness (QED) is 0.905. The fourth-order valence-corrected chi connectivity index (χ4v) is 2.54. The number of hydrogen-bond acceptors (Lipinski definition) is 6. The highest BCUT2D eigenvalue weighted by Crippen LogP contribution is 2.27. The van der Waals surface area contributed by atoms with Crippen molar-refractivity contribution in [1.82, 2.24) is 14.9 Å². The average molecular weight is 331 g/mol. The first kappa shape index (κ1) is 16.1. The number of carbonyl (C=O) groups excluding carboxylic acids is 1. The Morgan fingerprint density at radius 2 is 2.04 bits per heavy atom. The number of hydrogen-bond donors (Lipinski definition) is 1. The first-order valence-corrected chi connectivity index (χ1v) is 7.62. The molecule has 1 saturated heterocycles. The lowest BCUT2D eigenvalue weighted by Crippen LogP contribution is -2.43. The van der Waals surface area contributed by atoms with E-state index < -0.39 is 5.97 Å².